The normalized spacial score (nSPS) is 22.1. The summed E-state index contributed by atoms with van der Waals surface area (Å²) in [5.41, 5.74) is 5.39. The highest BCUT2D eigenvalue weighted by molar-refractivity contribution is 5.90. The minimum absolute atomic E-state index is 0.00896. The van der Waals surface area contributed by atoms with Crippen LogP contribution in [0.1, 0.15) is 73.6 Å². The Hall–Kier alpha value is -3.80. The van der Waals surface area contributed by atoms with Crippen molar-refractivity contribution in [2.24, 2.45) is 0 Å². The Balaban J connectivity index is 1.11. The van der Waals surface area contributed by atoms with Gasteiger partial charge in [-0.3, -0.25) is 14.5 Å². The molecule has 0 spiro atoms. The quantitative estimate of drug-likeness (QED) is 0.326. The van der Waals surface area contributed by atoms with Gasteiger partial charge < -0.3 is 29.2 Å². The molecule has 11 heteroatoms. The lowest BCUT2D eigenvalue weighted by Crippen LogP contribution is -2.48. The average Bonchev–Trinajstić information content (AvgIpc) is 3.47. The third kappa shape index (κ3) is 5.62. The van der Waals surface area contributed by atoms with Crippen LogP contribution in [0.25, 0.3) is 22.3 Å². The average molecular weight is 641 g/mol. The number of carbonyl (C=O) groups excluding carboxylic acids is 2. The monoisotopic (exact) mass is 640 g/mol. The molecule has 47 heavy (non-hydrogen) atoms. The van der Waals surface area contributed by atoms with Crippen LogP contribution in [0.5, 0.6) is 5.75 Å². The summed E-state index contributed by atoms with van der Waals surface area (Å²) in [4.78, 5) is 51.7. The Morgan fingerprint density at radius 2 is 1.81 bits per heavy atom. The van der Waals surface area contributed by atoms with Gasteiger partial charge in [-0.1, -0.05) is 13.3 Å². The molecule has 1 atom stereocenters. The molecule has 1 unspecified atom stereocenters. The zero-order valence-electron chi connectivity index (χ0n) is 27.3. The van der Waals surface area contributed by atoms with Crippen molar-refractivity contribution in [1.82, 2.24) is 29.6 Å². The number of piperazine rings is 1. The molecule has 248 valence electrons. The highest BCUT2D eigenvalue weighted by Gasteiger charge is 2.35. The number of esters is 1. The molecule has 3 fully saturated rings. The van der Waals surface area contributed by atoms with Gasteiger partial charge in [0, 0.05) is 68.4 Å². The van der Waals surface area contributed by atoms with Gasteiger partial charge in [-0.05, 0) is 75.0 Å². The fraction of sp³-hybridized carbons (Fsp3) is 0.556. The van der Waals surface area contributed by atoms with E-state index in [1.165, 1.54) is 32.4 Å². The molecule has 1 N–H and O–H groups in total. The third-order valence-electron chi connectivity index (χ3n) is 11.0. The summed E-state index contributed by atoms with van der Waals surface area (Å²) in [7, 11) is 0. The Bertz CT molecular complexity index is 1770. The van der Waals surface area contributed by atoms with E-state index in [0.717, 1.165) is 78.0 Å². The predicted octanol–water partition coefficient (Wildman–Crippen LogP) is 3.83. The third-order valence-corrected chi connectivity index (χ3v) is 11.0. The summed E-state index contributed by atoms with van der Waals surface area (Å²) in [5, 5.41) is 4.36. The number of cyclic esters (lactones) is 1. The second-order valence-corrected chi connectivity index (χ2v) is 13.7. The number of aromatic nitrogens is 2. The van der Waals surface area contributed by atoms with E-state index in [4.69, 9.17) is 14.5 Å². The molecule has 5 aliphatic rings. The maximum absolute atomic E-state index is 13.7. The van der Waals surface area contributed by atoms with Crippen molar-refractivity contribution >= 4 is 23.0 Å². The van der Waals surface area contributed by atoms with E-state index >= 15 is 0 Å². The molecule has 0 saturated carbocycles. The van der Waals surface area contributed by atoms with Crippen LogP contribution in [-0.2, 0) is 29.2 Å². The van der Waals surface area contributed by atoms with Crippen molar-refractivity contribution in [3.05, 3.63) is 56.9 Å². The first-order valence-corrected chi connectivity index (χ1v) is 17.5. The number of rotatable bonds is 5. The van der Waals surface area contributed by atoms with Gasteiger partial charge in [-0.25, -0.2) is 9.78 Å². The van der Waals surface area contributed by atoms with E-state index < -0.39 is 5.92 Å². The number of hydrogen-bond donors (Lipinski definition) is 1. The minimum Gasteiger partial charge on any atom is -0.460 e. The highest BCUT2D eigenvalue weighted by Crippen LogP contribution is 2.39. The molecule has 0 bridgehead atoms. The fourth-order valence-corrected chi connectivity index (χ4v) is 8.32. The molecule has 3 aromatic rings. The van der Waals surface area contributed by atoms with Crippen LogP contribution in [0.4, 0.5) is 4.79 Å². The van der Waals surface area contributed by atoms with Gasteiger partial charge in [-0.15, -0.1) is 0 Å². The number of likely N-dealkylation sites (tertiary alicyclic amines) is 2. The van der Waals surface area contributed by atoms with Gasteiger partial charge in [0.25, 0.3) is 5.56 Å². The number of benzene rings is 1. The van der Waals surface area contributed by atoms with Gasteiger partial charge in [0.05, 0.1) is 34.9 Å². The van der Waals surface area contributed by atoms with E-state index in [1.54, 1.807) is 4.57 Å². The molecule has 8 rings (SSSR count). The van der Waals surface area contributed by atoms with Crippen molar-refractivity contribution in [1.29, 1.82) is 0 Å². The molecule has 11 nitrogen and oxygen atoms in total. The van der Waals surface area contributed by atoms with E-state index in [-0.39, 0.29) is 24.2 Å². The first-order chi connectivity index (χ1) is 23.0. The second kappa shape index (κ2) is 12.7. The van der Waals surface area contributed by atoms with E-state index in [2.05, 4.69) is 21.2 Å². The number of nitrogens with zero attached hydrogens (tertiary/aromatic N) is 5. The van der Waals surface area contributed by atoms with Gasteiger partial charge in [-0.2, -0.15) is 0 Å². The van der Waals surface area contributed by atoms with E-state index in [1.807, 2.05) is 30.0 Å². The molecule has 3 saturated heterocycles. The number of hydrogen-bond acceptors (Lipinski definition) is 9. The van der Waals surface area contributed by atoms with Crippen LogP contribution in [-0.4, -0.2) is 94.7 Å². The molecule has 7 heterocycles. The molecule has 1 aromatic carbocycles. The largest absolute Gasteiger partial charge is 0.460 e. The van der Waals surface area contributed by atoms with Gasteiger partial charge in [0.15, 0.2) is 0 Å². The standard InChI is InChI=1S/C36H44N6O5/c1-2-25-26-19-31-33-23(20-42(31)34(43)29(26)22-46-35(25)44)18-27-28(21-39-16-10-37-11-17-39)32(7-6-30(27)38-33)47-36(45)41-14-8-24(9-15-41)40-12-4-3-5-13-40/h6-7,18-19,24-25,37H,2-5,8-17,20-22H2,1H3. The summed E-state index contributed by atoms with van der Waals surface area (Å²) in [6, 6.07) is 8.46. The zero-order chi connectivity index (χ0) is 32.1. The van der Waals surface area contributed by atoms with Crippen molar-refractivity contribution < 1.29 is 19.1 Å². The van der Waals surface area contributed by atoms with Gasteiger partial charge in [0.1, 0.15) is 12.4 Å². The van der Waals surface area contributed by atoms with Crippen LogP contribution in [0.2, 0.25) is 0 Å². The molecular weight excluding hydrogens is 596 g/mol. The molecule has 0 radical (unpaired) electrons. The Labute approximate surface area is 274 Å². The summed E-state index contributed by atoms with van der Waals surface area (Å²) >= 11 is 0. The Morgan fingerprint density at radius 3 is 2.57 bits per heavy atom. The zero-order valence-corrected chi connectivity index (χ0v) is 27.3. The SMILES string of the molecule is CCC1C(=O)OCc2c1cc1n(c2=O)Cc2cc3c(CN4CCNCC4)c(OC(=O)N4CCC(N5CCCCC5)CC4)ccc3nc2-1. The molecular formula is C36H44N6O5. The number of carbonyl (C=O) groups is 2. The predicted molar refractivity (Wildman–Crippen MR) is 178 cm³/mol. The van der Waals surface area contributed by atoms with Crippen molar-refractivity contribution in [2.75, 3.05) is 52.4 Å². The van der Waals surface area contributed by atoms with Crippen molar-refractivity contribution in [3.8, 4) is 17.1 Å². The van der Waals surface area contributed by atoms with Crippen molar-refractivity contribution in [2.45, 2.75) is 77.1 Å². The lowest BCUT2D eigenvalue weighted by atomic mass is 9.90. The summed E-state index contributed by atoms with van der Waals surface area (Å²) in [5.74, 6) is -0.147. The van der Waals surface area contributed by atoms with Crippen LogP contribution < -0.4 is 15.6 Å². The lowest BCUT2D eigenvalue weighted by Gasteiger charge is -2.39. The summed E-state index contributed by atoms with van der Waals surface area (Å²) < 4.78 is 13.3. The first kappa shape index (κ1) is 30.5. The van der Waals surface area contributed by atoms with Crippen molar-refractivity contribution in [3.63, 3.8) is 0 Å². The topological polar surface area (TPSA) is 109 Å². The van der Waals surface area contributed by atoms with Crippen LogP contribution in [0, 0.1) is 0 Å². The van der Waals surface area contributed by atoms with E-state index in [0.29, 0.717) is 50.0 Å². The van der Waals surface area contributed by atoms with E-state index in [9.17, 15) is 14.4 Å². The minimum atomic E-state index is -0.444. The molecule has 0 aliphatic carbocycles. The van der Waals surface area contributed by atoms with Crippen LogP contribution in [0.3, 0.4) is 0 Å². The molecule has 2 aromatic heterocycles. The Morgan fingerprint density at radius 1 is 1.02 bits per heavy atom. The number of piperidine rings is 2. The van der Waals surface area contributed by atoms with Gasteiger partial charge >= 0.3 is 12.1 Å². The highest BCUT2D eigenvalue weighted by atomic mass is 16.6. The smallest absolute Gasteiger partial charge is 0.415 e. The maximum Gasteiger partial charge on any atom is 0.415 e. The number of nitrogens with one attached hydrogen (secondary N) is 1. The fourth-order valence-electron chi connectivity index (χ4n) is 8.32. The van der Waals surface area contributed by atoms with Crippen LogP contribution in [0.15, 0.2) is 29.1 Å². The Kier molecular flexibility index (Phi) is 8.23. The van der Waals surface area contributed by atoms with Gasteiger partial charge in [0.2, 0.25) is 0 Å². The lowest BCUT2D eigenvalue weighted by molar-refractivity contribution is -0.148. The number of fused-ring (bicyclic) bond motifs is 5. The second-order valence-electron chi connectivity index (χ2n) is 13.7. The first-order valence-electron chi connectivity index (χ1n) is 17.5. The number of pyridine rings is 2. The number of ether oxygens (including phenoxy) is 2. The number of amides is 1. The molecule has 1 amide bonds. The maximum atomic E-state index is 13.7. The van der Waals surface area contributed by atoms with Crippen LogP contribution >= 0.6 is 0 Å². The summed E-state index contributed by atoms with van der Waals surface area (Å²) in [6.07, 6.45) is 6.13. The summed E-state index contributed by atoms with van der Waals surface area (Å²) in [6.45, 7) is 10.4. The molecule has 5 aliphatic heterocycles.